The number of nitrogens with zero attached hydrogens (tertiary/aromatic N) is 1. The van der Waals surface area contributed by atoms with Crippen molar-refractivity contribution in [2.75, 3.05) is 6.61 Å². The van der Waals surface area contributed by atoms with Crippen LogP contribution in [0.4, 0.5) is 0 Å². The Labute approximate surface area is 129 Å². The zero-order valence-electron chi connectivity index (χ0n) is 11.4. The number of rotatable bonds is 2. The van der Waals surface area contributed by atoms with E-state index < -0.39 is 28.7 Å². The molecule has 20 heavy (non-hydrogen) atoms. The van der Waals surface area contributed by atoms with Gasteiger partial charge in [0.05, 0.1) is 12.7 Å². The second-order valence-electron chi connectivity index (χ2n) is 5.02. The van der Waals surface area contributed by atoms with Gasteiger partial charge in [-0.05, 0) is 12.5 Å². The number of aromatic nitrogens is 2. The minimum Gasteiger partial charge on any atom is -0.419 e. The fourth-order valence-corrected chi connectivity index (χ4v) is 2.40. The van der Waals surface area contributed by atoms with Crippen LogP contribution in [0, 0.1) is 5.92 Å². The van der Waals surface area contributed by atoms with E-state index in [-0.39, 0.29) is 27.7 Å². The van der Waals surface area contributed by atoms with E-state index in [0.29, 0.717) is 5.92 Å². The molecule has 7 nitrogen and oxygen atoms in total. The standard InChI is InChI=1S/C12H17N2O5.W/c1-7-11(2,18)8(6-15)19-12(7,3)14-5-4-9(16)13-10(14)17;/h4-5,8,15,18H,6H2,1-3H3,(H,13,16,17);/q-1;. The molecule has 8 heteroatoms. The number of aliphatic hydroxyl groups excluding tert-OH is 1. The number of aliphatic hydroxyl groups is 2. The number of H-pyrrole nitrogens is 1. The smallest absolute Gasteiger partial charge is 0.328 e. The third-order valence-electron chi connectivity index (χ3n) is 3.90. The molecule has 0 aromatic carbocycles. The van der Waals surface area contributed by atoms with Gasteiger partial charge in [0.25, 0.3) is 5.56 Å². The first-order valence-electron chi connectivity index (χ1n) is 5.91. The van der Waals surface area contributed by atoms with Crippen LogP contribution in [-0.4, -0.2) is 38.1 Å². The Bertz CT molecular complexity index is 596. The van der Waals surface area contributed by atoms with Gasteiger partial charge in [-0.15, -0.1) is 0 Å². The molecule has 1 aliphatic rings. The molecule has 1 aliphatic heterocycles. The van der Waals surface area contributed by atoms with Gasteiger partial charge in [0.2, 0.25) is 0 Å². The topological polar surface area (TPSA) is 105 Å². The van der Waals surface area contributed by atoms with Gasteiger partial charge >= 0.3 is 5.69 Å². The van der Waals surface area contributed by atoms with Gasteiger partial charge < -0.3 is 14.9 Å². The van der Waals surface area contributed by atoms with E-state index in [1.54, 1.807) is 13.8 Å². The molecule has 3 atom stereocenters. The number of nitrogens with one attached hydrogen (secondary N) is 1. The molecule has 1 fully saturated rings. The van der Waals surface area contributed by atoms with E-state index in [9.17, 15) is 19.8 Å². The first kappa shape index (κ1) is 17.3. The Hall–Kier alpha value is -0.752. The maximum atomic E-state index is 11.9. The van der Waals surface area contributed by atoms with E-state index in [0.717, 1.165) is 0 Å². The molecular formula is C12H17N2O5W-. The van der Waals surface area contributed by atoms with Crippen molar-refractivity contribution in [1.29, 1.82) is 0 Å². The Morgan fingerprint density at radius 2 is 2.10 bits per heavy atom. The third kappa shape index (κ3) is 2.43. The van der Waals surface area contributed by atoms with Crippen molar-refractivity contribution in [2.24, 2.45) is 0 Å². The quantitative estimate of drug-likeness (QED) is 0.496. The first-order valence-corrected chi connectivity index (χ1v) is 5.91. The number of aromatic amines is 1. The van der Waals surface area contributed by atoms with E-state index in [1.807, 2.05) is 0 Å². The van der Waals surface area contributed by atoms with Gasteiger partial charge in [-0.1, -0.05) is 6.92 Å². The van der Waals surface area contributed by atoms with Crippen molar-refractivity contribution < 1.29 is 36.0 Å². The molecule has 1 aromatic heterocycles. The number of hydrogen-bond acceptors (Lipinski definition) is 5. The SMILES string of the molecule is C[C-]1C(C)(O)C(CO)OC1(C)n1ccc(=O)[nH]c1=O.[W]. The molecule has 1 saturated heterocycles. The second kappa shape index (κ2) is 5.56. The summed E-state index contributed by atoms with van der Waals surface area (Å²) in [6.07, 6.45) is 0.469. The van der Waals surface area contributed by atoms with Gasteiger partial charge in [0.15, 0.2) is 0 Å². The van der Waals surface area contributed by atoms with Gasteiger partial charge in [-0.25, -0.2) is 10.7 Å². The maximum absolute atomic E-state index is 11.9. The predicted molar refractivity (Wildman–Crippen MR) is 66.5 cm³/mol. The van der Waals surface area contributed by atoms with Crippen LogP contribution in [0.2, 0.25) is 0 Å². The van der Waals surface area contributed by atoms with Crippen LogP contribution in [0.1, 0.15) is 20.8 Å². The van der Waals surface area contributed by atoms with Gasteiger partial charge in [0, 0.05) is 39.1 Å². The summed E-state index contributed by atoms with van der Waals surface area (Å²) in [5.74, 6) is 0.480. The molecule has 2 rings (SSSR count). The zero-order valence-corrected chi connectivity index (χ0v) is 14.3. The molecular weight excluding hydrogens is 436 g/mol. The van der Waals surface area contributed by atoms with Gasteiger partial charge in [-0.2, -0.15) is 6.92 Å². The Balaban J connectivity index is 0.00000200. The van der Waals surface area contributed by atoms with Crippen molar-refractivity contribution >= 4 is 0 Å². The first-order chi connectivity index (χ1) is 8.73. The van der Waals surface area contributed by atoms with E-state index >= 15 is 0 Å². The third-order valence-corrected chi connectivity index (χ3v) is 3.90. The van der Waals surface area contributed by atoms with Crippen molar-refractivity contribution in [1.82, 2.24) is 9.55 Å². The van der Waals surface area contributed by atoms with Crippen LogP contribution in [0.3, 0.4) is 0 Å². The Morgan fingerprint density at radius 3 is 2.55 bits per heavy atom. The molecule has 3 unspecified atom stereocenters. The average molecular weight is 453 g/mol. The molecule has 2 heterocycles. The molecule has 3 N–H and O–H groups in total. The van der Waals surface area contributed by atoms with Crippen molar-refractivity contribution in [3.63, 3.8) is 0 Å². The molecule has 0 aliphatic carbocycles. The largest absolute Gasteiger partial charge is 0.419 e. The molecule has 0 bridgehead atoms. The zero-order chi connectivity index (χ0) is 14.4. The van der Waals surface area contributed by atoms with E-state index in [4.69, 9.17) is 4.74 Å². The fourth-order valence-electron chi connectivity index (χ4n) is 2.40. The van der Waals surface area contributed by atoms with Crippen molar-refractivity contribution in [3.8, 4) is 0 Å². The van der Waals surface area contributed by atoms with Crippen LogP contribution in [-0.2, 0) is 31.5 Å². The van der Waals surface area contributed by atoms with Gasteiger partial charge in [-0.3, -0.25) is 14.3 Å². The van der Waals surface area contributed by atoms with E-state index in [2.05, 4.69) is 4.98 Å². The number of hydrogen-bond donors (Lipinski definition) is 3. The monoisotopic (exact) mass is 453 g/mol. The van der Waals surface area contributed by atoms with Crippen molar-refractivity contribution in [2.45, 2.75) is 38.2 Å². The Kier molecular flexibility index (Phi) is 4.81. The summed E-state index contributed by atoms with van der Waals surface area (Å²) in [4.78, 5) is 25.1. The minimum absolute atomic E-state index is 0. The predicted octanol–water partition coefficient (Wildman–Crippen LogP) is -1.06. The molecule has 0 saturated carbocycles. The van der Waals surface area contributed by atoms with Crippen LogP contribution in [0.25, 0.3) is 0 Å². The molecule has 0 amide bonds. The van der Waals surface area contributed by atoms with Gasteiger partial charge in [0.1, 0.15) is 0 Å². The van der Waals surface area contributed by atoms with Crippen LogP contribution in [0.15, 0.2) is 21.9 Å². The summed E-state index contributed by atoms with van der Waals surface area (Å²) in [5, 5.41) is 19.6. The average Bonchev–Trinajstić information content (AvgIpc) is 2.50. The fraction of sp³-hybridized carbons (Fsp3) is 0.583. The molecule has 0 radical (unpaired) electrons. The summed E-state index contributed by atoms with van der Waals surface area (Å²) in [6.45, 7) is 4.39. The van der Waals surface area contributed by atoms with Crippen LogP contribution >= 0.6 is 0 Å². The Morgan fingerprint density at radius 1 is 1.50 bits per heavy atom. The minimum atomic E-state index is -1.36. The summed E-state index contributed by atoms with van der Waals surface area (Å²) in [6, 6.07) is 1.20. The van der Waals surface area contributed by atoms with Crippen LogP contribution < -0.4 is 11.2 Å². The normalized spacial score (nSPS) is 34.0. The maximum Gasteiger partial charge on any atom is 0.328 e. The summed E-state index contributed by atoms with van der Waals surface area (Å²) < 4.78 is 6.82. The second-order valence-corrected chi connectivity index (χ2v) is 5.02. The van der Waals surface area contributed by atoms with E-state index in [1.165, 1.54) is 23.8 Å². The molecule has 112 valence electrons. The summed E-state index contributed by atoms with van der Waals surface area (Å²) in [7, 11) is 0. The summed E-state index contributed by atoms with van der Waals surface area (Å²) in [5.41, 5.74) is -3.73. The molecule has 1 aromatic rings. The summed E-state index contributed by atoms with van der Waals surface area (Å²) >= 11 is 0. The van der Waals surface area contributed by atoms with Crippen molar-refractivity contribution in [3.05, 3.63) is 39.0 Å². The molecule has 0 spiro atoms. The van der Waals surface area contributed by atoms with Crippen LogP contribution in [0.5, 0.6) is 0 Å². The number of ether oxygens (including phenoxy) is 1.